The molecule has 0 bridgehead atoms. The monoisotopic (exact) mass is 283 g/mol. The fraction of sp³-hybridized carbons (Fsp3) is 0.143. The van der Waals surface area contributed by atoms with E-state index in [0.717, 1.165) is 0 Å². The number of benzene rings is 2. The van der Waals surface area contributed by atoms with E-state index in [1.165, 1.54) is 36.4 Å². The Hall–Kier alpha value is -1.65. The van der Waals surface area contributed by atoms with E-state index in [0.29, 0.717) is 16.3 Å². The van der Waals surface area contributed by atoms with Crippen molar-refractivity contribution in [3.8, 4) is 0 Å². The first-order valence-electron chi connectivity index (χ1n) is 5.69. The van der Waals surface area contributed by atoms with E-state index in [4.69, 9.17) is 11.6 Å². The number of nitrogens with one attached hydrogen (secondary N) is 1. The van der Waals surface area contributed by atoms with Gasteiger partial charge in [0.2, 0.25) is 0 Å². The molecule has 0 amide bonds. The lowest BCUT2D eigenvalue weighted by molar-refractivity contribution is 0.191. The molecule has 2 N–H and O–H groups in total. The minimum absolute atomic E-state index is 0.104. The molecule has 2 rings (SSSR count). The van der Waals surface area contributed by atoms with Crippen LogP contribution >= 0.6 is 11.6 Å². The Morgan fingerprint density at radius 3 is 2.58 bits per heavy atom. The molecule has 5 heteroatoms. The van der Waals surface area contributed by atoms with Gasteiger partial charge in [0, 0.05) is 6.54 Å². The van der Waals surface area contributed by atoms with Crippen molar-refractivity contribution in [1.82, 2.24) is 0 Å². The lowest BCUT2D eigenvalue weighted by Gasteiger charge is -2.14. The smallest absolute Gasteiger partial charge is 0.125 e. The van der Waals surface area contributed by atoms with Crippen molar-refractivity contribution in [2.24, 2.45) is 0 Å². The first kappa shape index (κ1) is 13.8. The molecule has 1 atom stereocenters. The van der Waals surface area contributed by atoms with Crippen molar-refractivity contribution in [2.45, 2.75) is 6.10 Å². The maximum absolute atomic E-state index is 13.0. The molecule has 0 aliphatic rings. The Bertz CT molecular complexity index is 577. The average Bonchev–Trinajstić information content (AvgIpc) is 2.39. The summed E-state index contributed by atoms with van der Waals surface area (Å²) in [6.45, 7) is 0.104. The molecule has 0 spiro atoms. The van der Waals surface area contributed by atoms with E-state index in [9.17, 15) is 13.9 Å². The normalized spacial score (nSPS) is 12.2. The Balaban J connectivity index is 2.04. The second-order valence-electron chi connectivity index (χ2n) is 4.08. The predicted molar refractivity (Wildman–Crippen MR) is 71.3 cm³/mol. The van der Waals surface area contributed by atoms with Crippen molar-refractivity contribution >= 4 is 17.3 Å². The van der Waals surface area contributed by atoms with Gasteiger partial charge in [0.05, 0.1) is 16.8 Å². The van der Waals surface area contributed by atoms with Gasteiger partial charge in [-0.2, -0.15) is 0 Å². The molecule has 100 valence electrons. The molecule has 0 aromatic heterocycles. The van der Waals surface area contributed by atoms with E-state index < -0.39 is 17.7 Å². The van der Waals surface area contributed by atoms with Crippen LogP contribution in [0.3, 0.4) is 0 Å². The number of halogens is 3. The van der Waals surface area contributed by atoms with Crippen LogP contribution in [-0.2, 0) is 0 Å². The minimum Gasteiger partial charge on any atom is -0.387 e. The summed E-state index contributed by atoms with van der Waals surface area (Å²) in [5.41, 5.74) is 0.831. The second kappa shape index (κ2) is 5.99. The summed E-state index contributed by atoms with van der Waals surface area (Å²) in [6, 6.07) is 9.59. The number of aliphatic hydroxyl groups excluding tert-OH is 1. The standard InChI is InChI=1S/C14H12ClF2NO/c15-12-5-4-11(17)7-13(12)18-8-14(19)9-2-1-3-10(16)6-9/h1-7,14,18-19H,8H2. The summed E-state index contributed by atoms with van der Waals surface area (Å²) in [7, 11) is 0. The first-order chi connectivity index (χ1) is 9.06. The van der Waals surface area contributed by atoms with Crippen LogP contribution in [0.1, 0.15) is 11.7 Å². The zero-order valence-electron chi connectivity index (χ0n) is 9.91. The summed E-state index contributed by atoms with van der Waals surface area (Å²) in [4.78, 5) is 0. The summed E-state index contributed by atoms with van der Waals surface area (Å²) in [6.07, 6.45) is -0.907. The van der Waals surface area contributed by atoms with Gasteiger partial charge in [-0.1, -0.05) is 23.7 Å². The van der Waals surface area contributed by atoms with Gasteiger partial charge in [-0.3, -0.25) is 0 Å². The third-order valence-electron chi connectivity index (χ3n) is 2.65. The van der Waals surface area contributed by atoms with Gasteiger partial charge in [-0.15, -0.1) is 0 Å². The van der Waals surface area contributed by atoms with Crippen molar-refractivity contribution in [2.75, 3.05) is 11.9 Å². The van der Waals surface area contributed by atoms with Crippen molar-refractivity contribution in [3.05, 3.63) is 64.7 Å². The maximum atomic E-state index is 13.0. The molecule has 2 nitrogen and oxygen atoms in total. The van der Waals surface area contributed by atoms with Gasteiger partial charge in [0.15, 0.2) is 0 Å². The summed E-state index contributed by atoms with van der Waals surface area (Å²) >= 11 is 5.88. The summed E-state index contributed by atoms with van der Waals surface area (Å²) in [5, 5.41) is 13.1. The van der Waals surface area contributed by atoms with Crippen LogP contribution in [0.5, 0.6) is 0 Å². The summed E-state index contributed by atoms with van der Waals surface area (Å²) in [5.74, 6) is -0.840. The van der Waals surface area contributed by atoms with Crippen LogP contribution in [0.25, 0.3) is 0 Å². The largest absolute Gasteiger partial charge is 0.387 e. The highest BCUT2D eigenvalue weighted by Crippen LogP contribution is 2.23. The molecule has 2 aromatic rings. The Labute approximate surface area is 114 Å². The number of hydrogen-bond acceptors (Lipinski definition) is 2. The lowest BCUT2D eigenvalue weighted by Crippen LogP contribution is -2.12. The molecule has 0 aliphatic carbocycles. The van der Waals surface area contributed by atoms with E-state index in [1.54, 1.807) is 6.07 Å². The minimum atomic E-state index is -0.907. The fourth-order valence-corrected chi connectivity index (χ4v) is 1.86. The highest BCUT2D eigenvalue weighted by Gasteiger charge is 2.09. The number of rotatable bonds is 4. The fourth-order valence-electron chi connectivity index (χ4n) is 1.67. The first-order valence-corrected chi connectivity index (χ1v) is 6.06. The molecule has 2 aromatic carbocycles. The van der Waals surface area contributed by atoms with Crippen molar-refractivity contribution < 1.29 is 13.9 Å². The average molecular weight is 284 g/mol. The molecular weight excluding hydrogens is 272 g/mol. The van der Waals surface area contributed by atoms with E-state index >= 15 is 0 Å². The number of aliphatic hydroxyl groups is 1. The number of hydrogen-bond donors (Lipinski definition) is 2. The highest BCUT2D eigenvalue weighted by molar-refractivity contribution is 6.33. The molecule has 0 saturated carbocycles. The van der Waals surface area contributed by atoms with Crippen LogP contribution in [0.2, 0.25) is 5.02 Å². The van der Waals surface area contributed by atoms with Gasteiger partial charge >= 0.3 is 0 Å². The Morgan fingerprint density at radius 1 is 1.11 bits per heavy atom. The van der Waals surface area contributed by atoms with Gasteiger partial charge in [-0.25, -0.2) is 8.78 Å². The van der Waals surface area contributed by atoms with Gasteiger partial charge in [0.25, 0.3) is 0 Å². The van der Waals surface area contributed by atoms with Gasteiger partial charge < -0.3 is 10.4 Å². The summed E-state index contributed by atoms with van der Waals surface area (Å²) < 4.78 is 26.0. The van der Waals surface area contributed by atoms with Crippen LogP contribution < -0.4 is 5.32 Å². The molecule has 0 saturated heterocycles. The highest BCUT2D eigenvalue weighted by atomic mass is 35.5. The molecular formula is C14H12ClF2NO. The van der Waals surface area contributed by atoms with Crippen LogP contribution in [0.15, 0.2) is 42.5 Å². The van der Waals surface area contributed by atoms with Crippen LogP contribution in [-0.4, -0.2) is 11.7 Å². The van der Waals surface area contributed by atoms with E-state index in [1.807, 2.05) is 0 Å². The molecule has 0 heterocycles. The Kier molecular flexibility index (Phi) is 4.35. The second-order valence-corrected chi connectivity index (χ2v) is 4.48. The van der Waals surface area contributed by atoms with Crippen LogP contribution in [0.4, 0.5) is 14.5 Å². The molecule has 0 fully saturated rings. The molecule has 0 aliphatic heterocycles. The van der Waals surface area contributed by atoms with Gasteiger partial charge in [0.1, 0.15) is 11.6 Å². The quantitative estimate of drug-likeness (QED) is 0.895. The lowest BCUT2D eigenvalue weighted by atomic mass is 10.1. The number of anilines is 1. The van der Waals surface area contributed by atoms with Crippen molar-refractivity contribution in [1.29, 1.82) is 0 Å². The SMILES string of the molecule is OC(CNc1cc(F)ccc1Cl)c1cccc(F)c1. The van der Waals surface area contributed by atoms with Gasteiger partial charge in [-0.05, 0) is 35.9 Å². The van der Waals surface area contributed by atoms with Crippen molar-refractivity contribution in [3.63, 3.8) is 0 Å². The molecule has 19 heavy (non-hydrogen) atoms. The third kappa shape index (κ3) is 3.66. The topological polar surface area (TPSA) is 32.3 Å². The predicted octanol–water partition coefficient (Wildman–Crippen LogP) is 3.76. The van der Waals surface area contributed by atoms with E-state index in [2.05, 4.69) is 5.32 Å². The third-order valence-corrected chi connectivity index (χ3v) is 2.98. The zero-order chi connectivity index (χ0) is 13.8. The molecule has 1 unspecified atom stereocenters. The zero-order valence-corrected chi connectivity index (χ0v) is 10.7. The molecule has 0 radical (unpaired) electrons. The van der Waals surface area contributed by atoms with Crippen LogP contribution in [0, 0.1) is 11.6 Å². The Morgan fingerprint density at radius 2 is 1.84 bits per heavy atom. The van der Waals surface area contributed by atoms with E-state index in [-0.39, 0.29) is 6.54 Å². The maximum Gasteiger partial charge on any atom is 0.125 e.